The standard InChI is InChI=1S/C19H24N2O3S/c1-25(23,24)18-9-7-16(8-10-18)19(22)15-20-11-13-21(14-12-20)17-5-3-2-4-6-17/h2-10,19,22H,11-15H2,1H3. The first-order chi connectivity index (χ1) is 11.9. The van der Waals surface area contributed by atoms with E-state index in [1.807, 2.05) is 18.2 Å². The molecule has 25 heavy (non-hydrogen) atoms. The van der Waals surface area contributed by atoms with Crippen molar-refractivity contribution in [1.82, 2.24) is 4.90 Å². The van der Waals surface area contributed by atoms with Crippen molar-refractivity contribution in [3.8, 4) is 0 Å². The number of benzene rings is 2. The van der Waals surface area contributed by atoms with E-state index in [4.69, 9.17) is 0 Å². The van der Waals surface area contributed by atoms with Crippen LogP contribution in [0.25, 0.3) is 0 Å². The normalized spacial score (nSPS) is 17.4. The van der Waals surface area contributed by atoms with Gasteiger partial charge in [0.25, 0.3) is 0 Å². The zero-order chi connectivity index (χ0) is 17.9. The van der Waals surface area contributed by atoms with E-state index < -0.39 is 15.9 Å². The molecule has 2 aromatic carbocycles. The van der Waals surface area contributed by atoms with E-state index in [0.29, 0.717) is 6.54 Å². The summed E-state index contributed by atoms with van der Waals surface area (Å²) >= 11 is 0. The van der Waals surface area contributed by atoms with Crippen molar-refractivity contribution >= 4 is 15.5 Å². The average molecular weight is 360 g/mol. The number of rotatable bonds is 5. The van der Waals surface area contributed by atoms with Crippen LogP contribution in [-0.4, -0.2) is 57.4 Å². The molecule has 134 valence electrons. The van der Waals surface area contributed by atoms with Crippen LogP contribution in [-0.2, 0) is 9.84 Å². The van der Waals surface area contributed by atoms with Crippen molar-refractivity contribution < 1.29 is 13.5 Å². The molecule has 0 amide bonds. The van der Waals surface area contributed by atoms with Gasteiger partial charge in [-0.25, -0.2) is 8.42 Å². The molecular weight excluding hydrogens is 336 g/mol. The number of β-amino-alcohol motifs (C(OH)–C–C–N with tert-alkyl or cyclic N) is 1. The van der Waals surface area contributed by atoms with Crippen molar-refractivity contribution in [1.29, 1.82) is 0 Å². The maximum atomic E-state index is 11.5. The Morgan fingerprint density at radius 2 is 1.56 bits per heavy atom. The summed E-state index contributed by atoms with van der Waals surface area (Å²) < 4.78 is 23.0. The van der Waals surface area contributed by atoms with Gasteiger partial charge < -0.3 is 10.0 Å². The van der Waals surface area contributed by atoms with E-state index in [9.17, 15) is 13.5 Å². The van der Waals surface area contributed by atoms with Crippen molar-refractivity contribution in [2.24, 2.45) is 0 Å². The molecule has 1 N–H and O–H groups in total. The quantitative estimate of drug-likeness (QED) is 0.883. The molecule has 0 bridgehead atoms. The maximum absolute atomic E-state index is 11.5. The highest BCUT2D eigenvalue weighted by molar-refractivity contribution is 7.90. The molecule has 1 heterocycles. The van der Waals surface area contributed by atoms with Crippen LogP contribution < -0.4 is 4.90 Å². The summed E-state index contributed by atoms with van der Waals surface area (Å²) in [4.78, 5) is 4.87. The lowest BCUT2D eigenvalue weighted by Crippen LogP contribution is -2.47. The molecule has 0 aromatic heterocycles. The molecule has 0 aliphatic carbocycles. The fourth-order valence-corrected chi connectivity index (χ4v) is 3.75. The van der Waals surface area contributed by atoms with Gasteiger partial charge in [0.15, 0.2) is 9.84 Å². The first kappa shape index (κ1) is 17.9. The summed E-state index contributed by atoms with van der Waals surface area (Å²) in [6.07, 6.45) is 0.571. The number of hydrogen-bond acceptors (Lipinski definition) is 5. The topological polar surface area (TPSA) is 60.9 Å². The molecular formula is C19H24N2O3S. The van der Waals surface area contributed by atoms with E-state index >= 15 is 0 Å². The molecule has 3 rings (SSSR count). The third-order valence-corrected chi connectivity index (χ3v) is 5.75. The van der Waals surface area contributed by atoms with Gasteiger partial charge in [0.2, 0.25) is 0 Å². The Morgan fingerprint density at radius 1 is 0.960 bits per heavy atom. The first-order valence-corrected chi connectivity index (χ1v) is 10.3. The van der Waals surface area contributed by atoms with E-state index in [1.54, 1.807) is 24.3 Å². The Balaban J connectivity index is 1.55. The van der Waals surface area contributed by atoms with Crippen LogP contribution in [0.2, 0.25) is 0 Å². The van der Waals surface area contributed by atoms with Crippen LogP contribution >= 0.6 is 0 Å². The van der Waals surface area contributed by atoms with Crippen LogP contribution in [0.4, 0.5) is 5.69 Å². The van der Waals surface area contributed by atoms with Gasteiger partial charge in [-0.15, -0.1) is 0 Å². The number of sulfone groups is 1. The second-order valence-electron chi connectivity index (χ2n) is 6.48. The smallest absolute Gasteiger partial charge is 0.175 e. The Bertz CT molecular complexity index is 783. The molecule has 1 saturated heterocycles. The minimum Gasteiger partial charge on any atom is -0.387 e. The highest BCUT2D eigenvalue weighted by atomic mass is 32.2. The number of nitrogens with zero attached hydrogens (tertiary/aromatic N) is 2. The number of anilines is 1. The fraction of sp³-hybridized carbons (Fsp3) is 0.368. The van der Waals surface area contributed by atoms with Gasteiger partial charge in [0, 0.05) is 44.7 Å². The Kier molecular flexibility index (Phi) is 5.42. The van der Waals surface area contributed by atoms with Gasteiger partial charge in [0.1, 0.15) is 0 Å². The molecule has 1 fully saturated rings. The second-order valence-corrected chi connectivity index (χ2v) is 8.50. The van der Waals surface area contributed by atoms with Crippen LogP contribution in [0.3, 0.4) is 0 Å². The van der Waals surface area contributed by atoms with Crippen molar-refractivity contribution in [2.75, 3.05) is 43.9 Å². The summed E-state index contributed by atoms with van der Waals surface area (Å²) in [5.41, 5.74) is 1.98. The Labute approximate surface area is 149 Å². The van der Waals surface area contributed by atoms with Crippen LogP contribution in [0, 0.1) is 0 Å². The number of aliphatic hydroxyl groups is 1. The van der Waals surface area contributed by atoms with Gasteiger partial charge in [-0.05, 0) is 29.8 Å². The van der Waals surface area contributed by atoms with Gasteiger partial charge in [-0.1, -0.05) is 30.3 Å². The number of para-hydroxylation sites is 1. The highest BCUT2D eigenvalue weighted by Gasteiger charge is 2.20. The van der Waals surface area contributed by atoms with Gasteiger partial charge in [-0.2, -0.15) is 0 Å². The summed E-state index contributed by atoms with van der Waals surface area (Å²) in [5, 5.41) is 10.4. The summed E-state index contributed by atoms with van der Waals surface area (Å²) in [6, 6.07) is 16.9. The minimum absolute atomic E-state index is 0.278. The van der Waals surface area contributed by atoms with Crippen molar-refractivity contribution in [2.45, 2.75) is 11.0 Å². The lowest BCUT2D eigenvalue weighted by atomic mass is 10.1. The fourth-order valence-electron chi connectivity index (χ4n) is 3.11. The predicted molar refractivity (Wildman–Crippen MR) is 99.6 cm³/mol. The summed E-state index contributed by atoms with van der Waals surface area (Å²) in [5.74, 6) is 0. The van der Waals surface area contributed by atoms with E-state index in [2.05, 4.69) is 21.9 Å². The molecule has 1 atom stereocenters. The highest BCUT2D eigenvalue weighted by Crippen LogP contribution is 2.20. The first-order valence-electron chi connectivity index (χ1n) is 8.44. The zero-order valence-electron chi connectivity index (χ0n) is 14.4. The lowest BCUT2D eigenvalue weighted by Gasteiger charge is -2.37. The number of hydrogen-bond donors (Lipinski definition) is 1. The molecule has 2 aromatic rings. The third kappa shape index (κ3) is 4.60. The van der Waals surface area contributed by atoms with Crippen molar-refractivity contribution in [3.63, 3.8) is 0 Å². The largest absolute Gasteiger partial charge is 0.387 e. The SMILES string of the molecule is CS(=O)(=O)c1ccc(C(O)CN2CCN(c3ccccc3)CC2)cc1. The Hall–Kier alpha value is -1.89. The number of piperazine rings is 1. The van der Waals surface area contributed by atoms with Crippen LogP contribution in [0.1, 0.15) is 11.7 Å². The van der Waals surface area contributed by atoms with Crippen LogP contribution in [0.15, 0.2) is 59.5 Å². The molecule has 1 aliphatic heterocycles. The predicted octanol–water partition coefficient (Wildman–Crippen LogP) is 1.95. The molecule has 1 aliphatic rings. The average Bonchev–Trinajstić information content (AvgIpc) is 2.62. The molecule has 0 saturated carbocycles. The number of aliphatic hydroxyl groups excluding tert-OH is 1. The molecule has 6 heteroatoms. The molecule has 5 nitrogen and oxygen atoms in total. The van der Waals surface area contributed by atoms with Crippen LogP contribution in [0.5, 0.6) is 0 Å². The molecule has 0 radical (unpaired) electrons. The van der Waals surface area contributed by atoms with Gasteiger partial charge in [0.05, 0.1) is 11.0 Å². The van der Waals surface area contributed by atoms with E-state index in [1.165, 1.54) is 11.9 Å². The second kappa shape index (κ2) is 7.56. The van der Waals surface area contributed by atoms with Gasteiger partial charge >= 0.3 is 0 Å². The van der Waals surface area contributed by atoms with E-state index in [0.717, 1.165) is 31.7 Å². The van der Waals surface area contributed by atoms with Crippen molar-refractivity contribution in [3.05, 3.63) is 60.2 Å². The zero-order valence-corrected chi connectivity index (χ0v) is 15.2. The Morgan fingerprint density at radius 3 is 2.12 bits per heavy atom. The minimum atomic E-state index is -3.20. The van der Waals surface area contributed by atoms with E-state index in [-0.39, 0.29) is 4.90 Å². The lowest BCUT2D eigenvalue weighted by molar-refractivity contribution is 0.109. The van der Waals surface area contributed by atoms with Gasteiger partial charge in [-0.3, -0.25) is 4.90 Å². The molecule has 0 spiro atoms. The monoisotopic (exact) mass is 360 g/mol. The summed E-state index contributed by atoms with van der Waals surface area (Å²) in [6.45, 7) is 4.22. The third-order valence-electron chi connectivity index (χ3n) is 4.62. The summed E-state index contributed by atoms with van der Waals surface area (Å²) in [7, 11) is -3.20. The maximum Gasteiger partial charge on any atom is 0.175 e. The molecule has 1 unspecified atom stereocenters.